The van der Waals surface area contributed by atoms with Crippen molar-refractivity contribution in [2.24, 2.45) is 5.92 Å². The van der Waals surface area contributed by atoms with Gasteiger partial charge in [-0.3, -0.25) is 4.79 Å². The Morgan fingerprint density at radius 3 is 2.65 bits per heavy atom. The van der Waals surface area contributed by atoms with Crippen molar-refractivity contribution >= 4 is 17.5 Å². The molecule has 20 heavy (non-hydrogen) atoms. The monoisotopic (exact) mass is 275 g/mol. The molecule has 2 heterocycles. The molecule has 2 aromatic heterocycles. The minimum absolute atomic E-state index is 0.223. The van der Waals surface area contributed by atoms with Crippen LogP contribution in [0.4, 0.5) is 11.6 Å². The van der Waals surface area contributed by atoms with E-state index in [1.54, 1.807) is 13.0 Å². The molecule has 0 saturated heterocycles. The zero-order valence-electron chi connectivity index (χ0n) is 11.7. The average molecular weight is 275 g/mol. The zero-order valence-corrected chi connectivity index (χ0v) is 11.7. The molecule has 0 aliphatic rings. The van der Waals surface area contributed by atoms with E-state index in [-0.39, 0.29) is 11.6 Å². The van der Waals surface area contributed by atoms with Crippen molar-refractivity contribution in [3.05, 3.63) is 29.9 Å². The predicted molar refractivity (Wildman–Crippen MR) is 74.6 cm³/mol. The van der Waals surface area contributed by atoms with E-state index in [2.05, 4.69) is 39.6 Å². The van der Waals surface area contributed by atoms with E-state index in [4.69, 9.17) is 4.52 Å². The number of hydrogen-bond acceptors (Lipinski definition) is 6. The van der Waals surface area contributed by atoms with Gasteiger partial charge >= 0.3 is 0 Å². The van der Waals surface area contributed by atoms with Crippen LogP contribution in [-0.2, 0) is 0 Å². The molecule has 106 valence electrons. The van der Waals surface area contributed by atoms with Crippen LogP contribution < -0.4 is 10.6 Å². The first-order valence-corrected chi connectivity index (χ1v) is 6.35. The number of carbonyl (C=O) groups is 1. The highest BCUT2D eigenvalue weighted by molar-refractivity contribution is 6.02. The number of anilines is 2. The lowest BCUT2D eigenvalue weighted by atomic mass is 10.2. The Balaban J connectivity index is 1.96. The molecule has 7 nitrogen and oxygen atoms in total. The number of nitrogens with one attached hydrogen (secondary N) is 2. The van der Waals surface area contributed by atoms with E-state index in [9.17, 15) is 4.79 Å². The molecule has 0 atom stereocenters. The molecule has 0 unspecified atom stereocenters. The Labute approximate surface area is 116 Å². The first-order chi connectivity index (χ1) is 9.54. The Morgan fingerprint density at radius 2 is 2.10 bits per heavy atom. The zero-order chi connectivity index (χ0) is 14.5. The minimum Gasteiger partial charge on any atom is -0.369 e. The quantitative estimate of drug-likeness (QED) is 0.868. The first kappa shape index (κ1) is 14.0. The number of rotatable bonds is 5. The molecule has 0 saturated carbocycles. The molecule has 2 N–H and O–H groups in total. The van der Waals surface area contributed by atoms with Crippen molar-refractivity contribution in [1.29, 1.82) is 0 Å². The van der Waals surface area contributed by atoms with Gasteiger partial charge in [0.1, 0.15) is 17.3 Å². The second-order valence-corrected chi connectivity index (χ2v) is 4.84. The number of nitrogens with zero attached hydrogens (tertiary/aromatic N) is 3. The summed E-state index contributed by atoms with van der Waals surface area (Å²) in [7, 11) is 0. The van der Waals surface area contributed by atoms with Crippen molar-refractivity contribution in [2.75, 3.05) is 17.2 Å². The fourth-order valence-corrected chi connectivity index (χ4v) is 1.45. The van der Waals surface area contributed by atoms with Crippen molar-refractivity contribution < 1.29 is 9.32 Å². The summed E-state index contributed by atoms with van der Waals surface area (Å²) in [5, 5.41) is 9.39. The van der Waals surface area contributed by atoms with Gasteiger partial charge < -0.3 is 15.2 Å². The van der Waals surface area contributed by atoms with E-state index < -0.39 is 0 Å². The highest BCUT2D eigenvalue weighted by atomic mass is 16.5. The summed E-state index contributed by atoms with van der Waals surface area (Å²) in [5.41, 5.74) is 0.223. The molecule has 0 radical (unpaired) electrons. The number of aromatic nitrogens is 3. The molecule has 2 aromatic rings. The number of carbonyl (C=O) groups excluding carboxylic acids is 1. The van der Waals surface area contributed by atoms with Crippen LogP contribution >= 0.6 is 0 Å². The van der Waals surface area contributed by atoms with Crippen molar-refractivity contribution in [3.8, 4) is 0 Å². The summed E-state index contributed by atoms with van der Waals surface area (Å²) in [6.07, 6.45) is 2.95. The second kappa shape index (κ2) is 6.14. The summed E-state index contributed by atoms with van der Waals surface area (Å²) < 4.78 is 4.86. The van der Waals surface area contributed by atoms with Gasteiger partial charge in [-0.05, 0) is 12.8 Å². The van der Waals surface area contributed by atoms with E-state index in [0.29, 0.717) is 23.3 Å². The maximum Gasteiger partial charge on any atom is 0.277 e. The smallest absolute Gasteiger partial charge is 0.277 e. The van der Waals surface area contributed by atoms with Gasteiger partial charge in [-0.2, -0.15) is 0 Å². The summed E-state index contributed by atoms with van der Waals surface area (Å²) >= 11 is 0. The number of aryl methyl sites for hydroxylation is 1. The lowest BCUT2D eigenvalue weighted by Crippen LogP contribution is -2.15. The van der Waals surface area contributed by atoms with Gasteiger partial charge in [0.25, 0.3) is 5.91 Å². The van der Waals surface area contributed by atoms with E-state index in [0.717, 1.165) is 6.54 Å². The summed E-state index contributed by atoms with van der Waals surface area (Å²) in [6.45, 7) is 6.75. The standard InChI is InChI=1S/C13H17N5O2/c1-8(2)5-15-12-7-14-10(6-16-12)13(19)17-11-4-9(3)20-18-11/h4,6-8H,5H2,1-3H3,(H,15,16)(H,17,18,19). The fourth-order valence-electron chi connectivity index (χ4n) is 1.45. The van der Waals surface area contributed by atoms with Gasteiger partial charge in [0, 0.05) is 12.6 Å². The number of amides is 1. The SMILES string of the molecule is Cc1cc(NC(=O)c2cnc(NCC(C)C)cn2)no1. The maximum atomic E-state index is 11.9. The normalized spacial score (nSPS) is 10.6. The highest BCUT2D eigenvalue weighted by Crippen LogP contribution is 2.09. The third-order valence-electron chi connectivity index (χ3n) is 2.45. The fraction of sp³-hybridized carbons (Fsp3) is 0.385. The lowest BCUT2D eigenvalue weighted by Gasteiger charge is -2.07. The van der Waals surface area contributed by atoms with Crippen LogP contribution in [0.15, 0.2) is 23.0 Å². The molecule has 0 aliphatic heterocycles. The van der Waals surface area contributed by atoms with Crippen LogP contribution in [0.1, 0.15) is 30.1 Å². The largest absolute Gasteiger partial charge is 0.369 e. The Kier molecular flexibility index (Phi) is 4.29. The summed E-state index contributed by atoms with van der Waals surface area (Å²) in [5.74, 6) is 1.76. The van der Waals surface area contributed by atoms with Gasteiger partial charge in [0.2, 0.25) is 0 Å². The molecule has 7 heteroatoms. The van der Waals surface area contributed by atoms with Gasteiger partial charge in [0.05, 0.1) is 12.4 Å². The van der Waals surface area contributed by atoms with Gasteiger partial charge in [-0.15, -0.1) is 0 Å². The minimum atomic E-state index is -0.374. The molecule has 0 bridgehead atoms. The molecule has 0 spiro atoms. The van der Waals surface area contributed by atoms with Crippen LogP contribution in [0.3, 0.4) is 0 Å². The number of hydrogen-bond donors (Lipinski definition) is 2. The van der Waals surface area contributed by atoms with Crippen molar-refractivity contribution in [3.63, 3.8) is 0 Å². The van der Waals surface area contributed by atoms with Crippen LogP contribution in [-0.4, -0.2) is 27.6 Å². The van der Waals surface area contributed by atoms with Crippen LogP contribution in [0.25, 0.3) is 0 Å². The average Bonchev–Trinajstić information content (AvgIpc) is 2.82. The Bertz CT molecular complexity index is 577. The molecule has 1 amide bonds. The van der Waals surface area contributed by atoms with Crippen LogP contribution in [0.5, 0.6) is 0 Å². The van der Waals surface area contributed by atoms with E-state index in [1.807, 2.05) is 0 Å². The predicted octanol–water partition coefficient (Wildman–Crippen LogP) is 2.09. The van der Waals surface area contributed by atoms with Gasteiger partial charge in [-0.25, -0.2) is 9.97 Å². The topological polar surface area (TPSA) is 92.9 Å². The van der Waals surface area contributed by atoms with Crippen LogP contribution in [0.2, 0.25) is 0 Å². The van der Waals surface area contributed by atoms with Crippen LogP contribution in [0, 0.1) is 12.8 Å². The first-order valence-electron chi connectivity index (χ1n) is 6.35. The molecular formula is C13H17N5O2. The summed E-state index contributed by atoms with van der Waals surface area (Å²) in [4.78, 5) is 20.1. The maximum absolute atomic E-state index is 11.9. The Morgan fingerprint density at radius 1 is 1.30 bits per heavy atom. The van der Waals surface area contributed by atoms with Crippen molar-refractivity contribution in [2.45, 2.75) is 20.8 Å². The molecular weight excluding hydrogens is 258 g/mol. The molecule has 0 aliphatic carbocycles. The Hall–Kier alpha value is -2.44. The molecule has 0 aromatic carbocycles. The third kappa shape index (κ3) is 3.78. The van der Waals surface area contributed by atoms with E-state index in [1.165, 1.54) is 12.4 Å². The van der Waals surface area contributed by atoms with Gasteiger partial charge in [0.15, 0.2) is 5.82 Å². The van der Waals surface area contributed by atoms with Crippen molar-refractivity contribution in [1.82, 2.24) is 15.1 Å². The third-order valence-corrected chi connectivity index (χ3v) is 2.45. The molecule has 0 fully saturated rings. The lowest BCUT2D eigenvalue weighted by molar-refractivity contribution is 0.102. The van der Waals surface area contributed by atoms with E-state index >= 15 is 0 Å². The second-order valence-electron chi connectivity index (χ2n) is 4.84. The highest BCUT2D eigenvalue weighted by Gasteiger charge is 2.10. The summed E-state index contributed by atoms with van der Waals surface area (Å²) in [6, 6.07) is 1.63. The van der Waals surface area contributed by atoms with Gasteiger partial charge in [-0.1, -0.05) is 19.0 Å². The molecule has 2 rings (SSSR count).